The maximum Gasteiger partial charge on any atom is 0.329 e. The molecule has 0 atom stereocenters. The van der Waals surface area contributed by atoms with E-state index in [1.807, 2.05) is 0 Å². The van der Waals surface area contributed by atoms with Gasteiger partial charge in [-0.1, -0.05) is 0 Å². The van der Waals surface area contributed by atoms with Gasteiger partial charge in [0.25, 0.3) is 5.91 Å². The first-order chi connectivity index (χ1) is 7.43. The Morgan fingerprint density at radius 3 is 2.19 bits per heavy atom. The molecule has 0 aliphatic carbocycles. The highest BCUT2D eigenvalue weighted by atomic mass is 19.1. The molecular formula is C11H11FN2O2. The van der Waals surface area contributed by atoms with E-state index < -0.39 is 11.6 Å². The lowest BCUT2D eigenvalue weighted by molar-refractivity contribution is -0.122. The summed E-state index contributed by atoms with van der Waals surface area (Å²) in [6, 6.07) is 4.95. The fourth-order valence-electron chi connectivity index (χ4n) is 1.69. The minimum Gasteiger partial charge on any atom is -0.279 e. The van der Waals surface area contributed by atoms with Gasteiger partial charge < -0.3 is 0 Å². The molecule has 84 valence electrons. The van der Waals surface area contributed by atoms with E-state index in [1.165, 1.54) is 29.2 Å². The Bertz CT molecular complexity index is 454. The smallest absolute Gasteiger partial charge is 0.279 e. The molecule has 0 unspecified atom stereocenters. The van der Waals surface area contributed by atoms with Crippen LogP contribution in [0.25, 0.3) is 0 Å². The predicted molar refractivity (Wildman–Crippen MR) is 56.5 cm³/mol. The van der Waals surface area contributed by atoms with Crippen molar-refractivity contribution < 1.29 is 14.0 Å². The lowest BCUT2D eigenvalue weighted by atomic mass is 10.0. The van der Waals surface area contributed by atoms with Crippen LogP contribution in [-0.4, -0.2) is 17.5 Å². The maximum atomic E-state index is 12.8. The SMILES string of the molecule is CC1(C)C(=O)NC(=O)N1c1ccc(F)cc1. The van der Waals surface area contributed by atoms with Crippen molar-refractivity contribution in [3.8, 4) is 0 Å². The van der Waals surface area contributed by atoms with E-state index in [-0.39, 0.29) is 11.7 Å². The van der Waals surface area contributed by atoms with Gasteiger partial charge in [0.05, 0.1) is 0 Å². The van der Waals surface area contributed by atoms with Crippen molar-refractivity contribution in [2.45, 2.75) is 19.4 Å². The molecule has 0 aromatic heterocycles. The van der Waals surface area contributed by atoms with E-state index in [0.29, 0.717) is 5.69 Å². The lowest BCUT2D eigenvalue weighted by Gasteiger charge is -2.27. The van der Waals surface area contributed by atoms with E-state index in [0.717, 1.165) is 0 Å². The van der Waals surface area contributed by atoms with Crippen LogP contribution in [-0.2, 0) is 4.79 Å². The van der Waals surface area contributed by atoms with Crippen LogP contribution in [0, 0.1) is 5.82 Å². The Kier molecular flexibility index (Phi) is 2.18. The highest BCUT2D eigenvalue weighted by Crippen LogP contribution is 2.28. The summed E-state index contributed by atoms with van der Waals surface area (Å²) in [4.78, 5) is 24.4. The Hall–Kier alpha value is -1.91. The predicted octanol–water partition coefficient (Wildman–Crippen LogP) is 1.66. The average molecular weight is 222 g/mol. The molecular weight excluding hydrogens is 211 g/mol. The van der Waals surface area contributed by atoms with E-state index >= 15 is 0 Å². The van der Waals surface area contributed by atoms with Crippen LogP contribution in [0.5, 0.6) is 0 Å². The van der Waals surface area contributed by atoms with Crippen molar-refractivity contribution in [1.29, 1.82) is 0 Å². The molecule has 4 nitrogen and oxygen atoms in total. The van der Waals surface area contributed by atoms with Crippen LogP contribution >= 0.6 is 0 Å². The normalized spacial score (nSPS) is 18.8. The summed E-state index contributed by atoms with van der Waals surface area (Å²) in [5.74, 6) is -0.741. The second-order valence-electron chi connectivity index (χ2n) is 4.13. The van der Waals surface area contributed by atoms with Crippen molar-refractivity contribution in [3.05, 3.63) is 30.1 Å². The minimum absolute atomic E-state index is 0.359. The third-order valence-electron chi connectivity index (χ3n) is 2.62. The molecule has 0 saturated carbocycles. The molecule has 1 N–H and O–H groups in total. The topological polar surface area (TPSA) is 49.4 Å². The lowest BCUT2D eigenvalue weighted by Crippen LogP contribution is -2.44. The summed E-state index contributed by atoms with van der Waals surface area (Å²) >= 11 is 0. The van der Waals surface area contributed by atoms with Crippen molar-refractivity contribution in [3.63, 3.8) is 0 Å². The number of nitrogens with one attached hydrogen (secondary N) is 1. The van der Waals surface area contributed by atoms with E-state index in [4.69, 9.17) is 0 Å². The molecule has 0 bridgehead atoms. The third kappa shape index (κ3) is 1.44. The molecule has 16 heavy (non-hydrogen) atoms. The molecule has 2 rings (SSSR count). The van der Waals surface area contributed by atoms with Gasteiger partial charge in [-0.3, -0.25) is 15.0 Å². The van der Waals surface area contributed by atoms with Crippen LogP contribution < -0.4 is 10.2 Å². The van der Waals surface area contributed by atoms with Gasteiger partial charge in [0.15, 0.2) is 0 Å². The zero-order valence-electron chi connectivity index (χ0n) is 8.95. The zero-order valence-corrected chi connectivity index (χ0v) is 8.95. The van der Waals surface area contributed by atoms with Crippen molar-refractivity contribution in [1.82, 2.24) is 5.32 Å². The quantitative estimate of drug-likeness (QED) is 0.734. The third-order valence-corrected chi connectivity index (χ3v) is 2.62. The highest BCUT2D eigenvalue weighted by molar-refractivity contribution is 6.16. The molecule has 1 aliphatic heterocycles. The summed E-state index contributed by atoms with van der Waals surface area (Å²) in [5.41, 5.74) is -0.454. The fourth-order valence-corrected chi connectivity index (χ4v) is 1.69. The number of imide groups is 1. The number of halogens is 1. The molecule has 1 aromatic rings. The summed E-state index contributed by atoms with van der Waals surface area (Å²) in [5, 5.41) is 2.22. The highest BCUT2D eigenvalue weighted by Gasteiger charge is 2.46. The van der Waals surface area contributed by atoms with Crippen LogP contribution in [0.15, 0.2) is 24.3 Å². The average Bonchev–Trinajstić information content (AvgIpc) is 2.39. The number of anilines is 1. The Balaban J connectivity index is 2.44. The second-order valence-corrected chi connectivity index (χ2v) is 4.13. The fraction of sp³-hybridized carbons (Fsp3) is 0.273. The van der Waals surface area contributed by atoms with Gasteiger partial charge in [-0.05, 0) is 38.1 Å². The van der Waals surface area contributed by atoms with Gasteiger partial charge in [-0.15, -0.1) is 0 Å². The van der Waals surface area contributed by atoms with Crippen LogP contribution in [0.4, 0.5) is 14.9 Å². The maximum absolute atomic E-state index is 12.8. The number of benzene rings is 1. The Morgan fingerprint density at radius 2 is 1.75 bits per heavy atom. The molecule has 1 aromatic carbocycles. The Labute approximate surface area is 92.0 Å². The van der Waals surface area contributed by atoms with E-state index in [2.05, 4.69) is 5.32 Å². The summed E-state index contributed by atoms with van der Waals surface area (Å²) in [6.07, 6.45) is 0. The molecule has 0 spiro atoms. The van der Waals surface area contributed by atoms with Gasteiger partial charge in [-0.25, -0.2) is 9.18 Å². The van der Waals surface area contributed by atoms with Gasteiger partial charge >= 0.3 is 6.03 Å². The number of rotatable bonds is 1. The largest absolute Gasteiger partial charge is 0.329 e. The second kappa shape index (κ2) is 3.30. The van der Waals surface area contributed by atoms with Gasteiger partial charge in [0.1, 0.15) is 11.4 Å². The first-order valence-electron chi connectivity index (χ1n) is 4.84. The van der Waals surface area contributed by atoms with Gasteiger partial charge in [0.2, 0.25) is 0 Å². The molecule has 1 heterocycles. The Morgan fingerprint density at radius 1 is 1.19 bits per heavy atom. The number of hydrogen-bond acceptors (Lipinski definition) is 2. The molecule has 1 aliphatic rings. The van der Waals surface area contributed by atoms with E-state index in [9.17, 15) is 14.0 Å². The number of urea groups is 1. The monoisotopic (exact) mass is 222 g/mol. The van der Waals surface area contributed by atoms with Crippen molar-refractivity contribution >= 4 is 17.6 Å². The standard InChI is InChI=1S/C11H11FN2O2/c1-11(2)9(15)13-10(16)14(11)8-5-3-7(12)4-6-8/h3-6H,1-2H3,(H,13,15,16). The summed E-state index contributed by atoms with van der Waals surface area (Å²) in [6.45, 7) is 3.27. The number of nitrogens with zero attached hydrogens (tertiary/aromatic N) is 1. The molecule has 1 saturated heterocycles. The number of amides is 3. The minimum atomic E-state index is -0.949. The van der Waals surface area contributed by atoms with E-state index in [1.54, 1.807) is 13.8 Å². The number of carbonyl (C=O) groups excluding carboxylic acids is 2. The molecule has 3 amide bonds. The molecule has 1 fully saturated rings. The van der Waals surface area contributed by atoms with Gasteiger partial charge in [0, 0.05) is 5.69 Å². The number of hydrogen-bond donors (Lipinski definition) is 1. The summed E-state index contributed by atoms with van der Waals surface area (Å²) in [7, 11) is 0. The first kappa shape index (κ1) is 10.6. The van der Waals surface area contributed by atoms with Crippen molar-refractivity contribution in [2.24, 2.45) is 0 Å². The first-order valence-corrected chi connectivity index (χ1v) is 4.84. The molecule has 0 radical (unpaired) electrons. The van der Waals surface area contributed by atoms with Crippen molar-refractivity contribution in [2.75, 3.05) is 4.90 Å². The van der Waals surface area contributed by atoms with Crippen LogP contribution in [0.2, 0.25) is 0 Å². The summed E-state index contributed by atoms with van der Waals surface area (Å²) < 4.78 is 12.8. The number of carbonyl (C=O) groups is 2. The van der Waals surface area contributed by atoms with Crippen LogP contribution in [0.1, 0.15) is 13.8 Å². The molecule has 5 heteroatoms. The van der Waals surface area contributed by atoms with Gasteiger partial charge in [-0.2, -0.15) is 0 Å². The van der Waals surface area contributed by atoms with Crippen LogP contribution in [0.3, 0.4) is 0 Å². The zero-order chi connectivity index (χ0) is 11.9.